The van der Waals surface area contributed by atoms with Gasteiger partial charge in [0.15, 0.2) is 0 Å². The molecule has 1 aliphatic heterocycles. The van der Waals surface area contributed by atoms with Crippen LogP contribution >= 0.6 is 0 Å². The molecule has 1 aliphatic rings. The summed E-state index contributed by atoms with van der Waals surface area (Å²) in [6.07, 6.45) is 1.51. The van der Waals surface area contributed by atoms with Gasteiger partial charge in [-0.25, -0.2) is 19.2 Å². The molecule has 0 atom stereocenters. The number of aromatic nitrogens is 3. The first-order valence-electron chi connectivity index (χ1n) is 14.7. The Morgan fingerprint density at radius 2 is 2.00 bits per heavy atom. The maximum atomic E-state index is 14.5. The average Bonchev–Trinajstić information content (AvgIpc) is 3.27. The van der Waals surface area contributed by atoms with Crippen molar-refractivity contribution in [2.45, 2.75) is 38.8 Å². The normalized spacial score (nSPS) is 16.4. The lowest BCUT2D eigenvalue weighted by atomic mass is 9.93. The SMILES string of the molecule is [2H]C([2H])(C)Oc1cc(C(=O)O)cc2c1nc(CN1CCC(c3cccc(OC([2H])([2H])c4ccc(C#N)cc4F)n3)CC1)n2C. The summed E-state index contributed by atoms with van der Waals surface area (Å²) in [5.41, 5.74) is 1.37. The molecule has 0 radical (unpaired) electrons. The number of nitrogens with zero attached hydrogens (tertiary/aromatic N) is 5. The third kappa shape index (κ3) is 5.75. The number of piperidine rings is 1. The number of likely N-dealkylation sites (tertiary alicyclic amines) is 1. The molecular weight excluding hydrogens is 513 g/mol. The van der Waals surface area contributed by atoms with Gasteiger partial charge >= 0.3 is 5.97 Å². The lowest BCUT2D eigenvalue weighted by molar-refractivity contribution is 0.0696. The third-order valence-electron chi connectivity index (χ3n) is 6.98. The molecule has 4 aromatic rings. The van der Waals surface area contributed by atoms with Gasteiger partial charge in [-0.3, -0.25) is 4.90 Å². The molecule has 0 amide bonds. The van der Waals surface area contributed by atoms with Crippen LogP contribution in [0, 0.1) is 17.1 Å². The Morgan fingerprint density at radius 3 is 2.70 bits per heavy atom. The first kappa shape index (κ1) is 22.3. The van der Waals surface area contributed by atoms with Crippen LogP contribution in [0.2, 0.25) is 0 Å². The molecular formula is C30H30FN5O4. The van der Waals surface area contributed by atoms with Crippen LogP contribution in [0.5, 0.6) is 11.6 Å². The Labute approximate surface area is 237 Å². The summed E-state index contributed by atoms with van der Waals surface area (Å²) in [5, 5.41) is 18.5. The zero-order valence-corrected chi connectivity index (χ0v) is 22.0. The van der Waals surface area contributed by atoms with Gasteiger partial charge in [0.05, 0.1) is 41.3 Å². The topological polar surface area (TPSA) is 114 Å². The third-order valence-corrected chi connectivity index (χ3v) is 6.98. The number of carboxylic acids is 1. The summed E-state index contributed by atoms with van der Waals surface area (Å²) in [6.45, 7) is -1.40. The monoisotopic (exact) mass is 547 g/mol. The van der Waals surface area contributed by atoms with Crippen LogP contribution in [-0.4, -0.2) is 50.2 Å². The predicted octanol–water partition coefficient (Wildman–Crippen LogP) is 5.03. The van der Waals surface area contributed by atoms with Crippen molar-refractivity contribution in [1.82, 2.24) is 19.4 Å². The van der Waals surface area contributed by atoms with E-state index in [1.165, 1.54) is 37.3 Å². The number of ether oxygens (including phenoxy) is 2. The van der Waals surface area contributed by atoms with Crippen LogP contribution in [0.4, 0.5) is 4.39 Å². The van der Waals surface area contributed by atoms with E-state index in [1.54, 1.807) is 17.7 Å². The van der Waals surface area contributed by atoms with Gasteiger partial charge in [-0.15, -0.1) is 0 Å². The smallest absolute Gasteiger partial charge is 0.335 e. The van der Waals surface area contributed by atoms with Gasteiger partial charge in [-0.1, -0.05) is 12.1 Å². The molecule has 0 spiro atoms. The van der Waals surface area contributed by atoms with Gasteiger partial charge in [0.25, 0.3) is 0 Å². The number of carboxylic acid groups (broad SMARTS) is 1. The van der Waals surface area contributed by atoms with E-state index >= 15 is 0 Å². The fourth-order valence-electron chi connectivity index (χ4n) is 4.83. The van der Waals surface area contributed by atoms with Crippen LogP contribution in [0.1, 0.15) is 64.2 Å². The summed E-state index contributed by atoms with van der Waals surface area (Å²) in [7, 11) is 1.78. The molecule has 206 valence electrons. The van der Waals surface area contributed by atoms with Crippen molar-refractivity contribution in [1.29, 1.82) is 5.26 Å². The largest absolute Gasteiger partial charge is 0.492 e. The lowest BCUT2D eigenvalue weighted by Gasteiger charge is -2.31. The van der Waals surface area contributed by atoms with Crippen LogP contribution < -0.4 is 9.47 Å². The number of aromatic carboxylic acids is 1. The molecule has 1 N–H and O–H groups in total. The van der Waals surface area contributed by atoms with Gasteiger partial charge in [0, 0.05) is 30.3 Å². The quantitative estimate of drug-likeness (QED) is 0.310. The molecule has 2 aromatic carbocycles. The summed E-state index contributed by atoms with van der Waals surface area (Å²) in [4.78, 5) is 23.1. The van der Waals surface area contributed by atoms with Crippen LogP contribution in [0.15, 0.2) is 48.5 Å². The number of aryl methyl sites for hydroxylation is 1. The van der Waals surface area contributed by atoms with Crippen LogP contribution in [0.3, 0.4) is 0 Å². The number of benzene rings is 2. The van der Waals surface area contributed by atoms with Crippen molar-refractivity contribution in [3.63, 3.8) is 0 Å². The molecule has 0 unspecified atom stereocenters. The maximum absolute atomic E-state index is 14.5. The number of carbonyl (C=O) groups is 1. The first-order valence-corrected chi connectivity index (χ1v) is 12.7. The van der Waals surface area contributed by atoms with E-state index in [4.69, 9.17) is 20.2 Å². The second-order valence-electron chi connectivity index (χ2n) is 9.50. The van der Waals surface area contributed by atoms with Crippen LogP contribution in [-0.2, 0) is 20.2 Å². The molecule has 2 aromatic heterocycles. The predicted molar refractivity (Wildman–Crippen MR) is 146 cm³/mol. The molecule has 0 aliphatic carbocycles. The summed E-state index contributed by atoms with van der Waals surface area (Å²) in [5.74, 6) is -1.19. The Hall–Kier alpha value is -4.49. The highest BCUT2D eigenvalue weighted by molar-refractivity contribution is 5.95. The number of rotatable bonds is 9. The number of nitriles is 1. The summed E-state index contributed by atoms with van der Waals surface area (Å²) < 4.78 is 59.3. The highest BCUT2D eigenvalue weighted by atomic mass is 19.1. The molecule has 9 nitrogen and oxygen atoms in total. The van der Waals surface area contributed by atoms with E-state index in [-0.39, 0.29) is 34.2 Å². The van der Waals surface area contributed by atoms with Crippen molar-refractivity contribution in [2.75, 3.05) is 19.6 Å². The van der Waals surface area contributed by atoms with Gasteiger partial charge in [-0.2, -0.15) is 5.26 Å². The summed E-state index contributed by atoms with van der Waals surface area (Å²) in [6, 6.07) is 13.2. The second kappa shape index (κ2) is 11.7. The van der Waals surface area contributed by atoms with Crippen LogP contribution in [0.25, 0.3) is 11.0 Å². The van der Waals surface area contributed by atoms with E-state index in [9.17, 15) is 14.3 Å². The molecule has 40 heavy (non-hydrogen) atoms. The Morgan fingerprint density at radius 1 is 1.20 bits per heavy atom. The van der Waals surface area contributed by atoms with E-state index < -0.39 is 24.9 Å². The molecule has 1 fully saturated rings. The minimum Gasteiger partial charge on any atom is -0.492 e. The number of imidazole rings is 1. The number of hydrogen-bond acceptors (Lipinski definition) is 7. The minimum atomic E-state index is -2.51. The highest BCUT2D eigenvalue weighted by Gasteiger charge is 2.24. The van der Waals surface area contributed by atoms with Crippen molar-refractivity contribution >= 4 is 17.0 Å². The second-order valence-corrected chi connectivity index (χ2v) is 9.50. The lowest BCUT2D eigenvalue weighted by Crippen LogP contribution is -2.33. The van der Waals surface area contributed by atoms with Crippen molar-refractivity contribution in [3.05, 3.63) is 82.6 Å². The van der Waals surface area contributed by atoms with Crippen molar-refractivity contribution in [2.24, 2.45) is 7.05 Å². The van der Waals surface area contributed by atoms with E-state index in [0.717, 1.165) is 24.6 Å². The molecule has 10 heteroatoms. The fraction of sp³-hybridized carbons (Fsp3) is 0.333. The highest BCUT2D eigenvalue weighted by Crippen LogP contribution is 2.31. The molecule has 5 rings (SSSR count). The fourth-order valence-corrected chi connectivity index (χ4v) is 4.83. The number of halogens is 1. The van der Waals surface area contributed by atoms with Gasteiger partial charge in [-0.05, 0) is 63.2 Å². The zero-order valence-electron chi connectivity index (χ0n) is 26.0. The van der Waals surface area contributed by atoms with Gasteiger partial charge in [0.1, 0.15) is 29.5 Å². The zero-order chi connectivity index (χ0) is 31.8. The van der Waals surface area contributed by atoms with E-state index in [1.807, 2.05) is 12.1 Å². The number of hydrogen-bond donors (Lipinski definition) is 1. The number of pyridine rings is 1. The first-order chi connectivity index (χ1) is 20.7. The Kier molecular flexibility index (Phi) is 6.54. The minimum absolute atomic E-state index is 0.0219. The van der Waals surface area contributed by atoms with Gasteiger partial charge in [0.2, 0.25) is 5.88 Å². The van der Waals surface area contributed by atoms with E-state index in [2.05, 4.69) is 14.9 Å². The Balaban J connectivity index is 1.27. The average molecular weight is 548 g/mol. The molecule has 1 saturated heterocycles. The molecule has 0 bridgehead atoms. The standard InChI is InChI=1S/C30H30FN5O4/c1-3-39-26-15-22(30(37)38)14-25-29(26)34-27(35(25)2)17-36-11-9-20(10-12-36)24-5-4-6-28(33-24)40-18-21-8-7-19(16-32)13-23(21)31/h4-8,13-15,20H,3,9-12,17-18H2,1-2H3,(H,37,38)/i3D2,18D2. The molecule has 3 heterocycles. The number of fused-ring (bicyclic) bond motifs is 1. The van der Waals surface area contributed by atoms with E-state index in [0.29, 0.717) is 36.5 Å². The van der Waals surface area contributed by atoms with Gasteiger partial charge < -0.3 is 19.1 Å². The van der Waals surface area contributed by atoms with Crippen molar-refractivity contribution < 1.29 is 29.2 Å². The maximum Gasteiger partial charge on any atom is 0.335 e. The molecule has 0 saturated carbocycles. The summed E-state index contributed by atoms with van der Waals surface area (Å²) >= 11 is 0. The van der Waals surface area contributed by atoms with Crippen molar-refractivity contribution in [3.8, 4) is 17.7 Å². The Bertz CT molecular complexity index is 1760.